The summed E-state index contributed by atoms with van der Waals surface area (Å²) < 4.78 is 1.89. The zero-order valence-corrected chi connectivity index (χ0v) is 17.1. The Morgan fingerprint density at radius 3 is 2.34 bits per heavy atom. The van der Waals surface area contributed by atoms with E-state index in [1.165, 1.54) is 5.56 Å². The van der Waals surface area contributed by atoms with Crippen molar-refractivity contribution in [2.24, 2.45) is 0 Å². The highest BCUT2D eigenvalue weighted by Crippen LogP contribution is 2.27. The number of carbonyl (C=O) groups excluding carboxylic acids is 1. The van der Waals surface area contributed by atoms with Gasteiger partial charge in [-0.2, -0.15) is 5.10 Å². The third kappa shape index (κ3) is 3.94. The Balaban J connectivity index is 1.43. The molecule has 1 N–H and O–H groups in total. The smallest absolute Gasteiger partial charge is 0.321 e. The first-order valence-corrected chi connectivity index (χ1v) is 9.88. The van der Waals surface area contributed by atoms with Gasteiger partial charge in [-0.15, -0.1) is 0 Å². The van der Waals surface area contributed by atoms with Crippen molar-refractivity contribution in [3.8, 4) is 5.82 Å². The minimum Gasteiger partial charge on any atom is -0.365 e. The number of hydrogen-bond acceptors (Lipinski definition) is 4. The fraction of sp³-hybridized carbons (Fsp3) is 0.318. The maximum atomic E-state index is 12.6. The minimum atomic E-state index is -0.0499. The number of piperazine rings is 1. The van der Waals surface area contributed by atoms with Crippen LogP contribution >= 0.6 is 0 Å². The van der Waals surface area contributed by atoms with Crippen molar-refractivity contribution >= 4 is 17.4 Å². The Kier molecular flexibility index (Phi) is 5.20. The number of aryl methyl sites for hydroxylation is 2. The number of urea groups is 1. The van der Waals surface area contributed by atoms with Crippen LogP contribution in [0.2, 0.25) is 0 Å². The molecule has 7 heteroatoms. The fourth-order valence-corrected chi connectivity index (χ4v) is 3.77. The van der Waals surface area contributed by atoms with Crippen molar-refractivity contribution in [2.45, 2.75) is 20.8 Å². The van der Waals surface area contributed by atoms with Crippen LogP contribution in [0.4, 0.5) is 16.2 Å². The summed E-state index contributed by atoms with van der Waals surface area (Å²) in [6.45, 7) is 9.02. The third-order valence-electron chi connectivity index (χ3n) is 5.31. The standard InChI is InChI=1S/C22H26N6O/c1-16-7-9-19(10-8-16)24-22(29)27-14-12-26(13-15-27)21-17(2)25-28(18(21)3)20-6-4-5-11-23-20/h4-11H,12-15H2,1-3H3,(H,24,29). The Hall–Kier alpha value is -3.35. The van der Waals surface area contributed by atoms with E-state index in [1.54, 1.807) is 6.20 Å². The summed E-state index contributed by atoms with van der Waals surface area (Å²) in [7, 11) is 0. The third-order valence-corrected chi connectivity index (χ3v) is 5.31. The van der Waals surface area contributed by atoms with Crippen molar-refractivity contribution in [2.75, 3.05) is 36.4 Å². The maximum absolute atomic E-state index is 12.6. The SMILES string of the molecule is Cc1ccc(NC(=O)N2CCN(c3c(C)nn(-c4ccccn4)c3C)CC2)cc1. The molecule has 1 aliphatic heterocycles. The molecule has 0 bridgehead atoms. The van der Waals surface area contributed by atoms with E-state index in [4.69, 9.17) is 5.10 Å². The number of anilines is 2. The molecule has 1 aromatic carbocycles. The van der Waals surface area contributed by atoms with E-state index < -0.39 is 0 Å². The van der Waals surface area contributed by atoms with Crippen molar-refractivity contribution < 1.29 is 4.79 Å². The zero-order chi connectivity index (χ0) is 20.4. The van der Waals surface area contributed by atoms with Gasteiger partial charge in [-0.25, -0.2) is 14.5 Å². The number of carbonyl (C=O) groups is 1. The highest BCUT2D eigenvalue weighted by Gasteiger charge is 2.25. The molecule has 0 atom stereocenters. The summed E-state index contributed by atoms with van der Waals surface area (Å²) in [5.41, 5.74) is 5.18. The Morgan fingerprint density at radius 2 is 1.69 bits per heavy atom. The molecule has 0 aliphatic carbocycles. The molecule has 2 aromatic heterocycles. The molecule has 29 heavy (non-hydrogen) atoms. The Bertz CT molecular complexity index is 988. The topological polar surface area (TPSA) is 66.3 Å². The average molecular weight is 390 g/mol. The Labute approximate surface area is 171 Å². The van der Waals surface area contributed by atoms with E-state index in [0.29, 0.717) is 13.1 Å². The van der Waals surface area contributed by atoms with Crippen molar-refractivity contribution in [3.63, 3.8) is 0 Å². The molecular formula is C22H26N6O. The van der Waals surface area contributed by atoms with Crippen molar-refractivity contribution in [1.29, 1.82) is 0 Å². The molecule has 7 nitrogen and oxygen atoms in total. The van der Waals surface area contributed by atoms with Crippen LogP contribution in [0, 0.1) is 20.8 Å². The summed E-state index contributed by atoms with van der Waals surface area (Å²) >= 11 is 0. The molecule has 1 fully saturated rings. The lowest BCUT2D eigenvalue weighted by atomic mass is 10.2. The van der Waals surface area contributed by atoms with E-state index >= 15 is 0 Å². The summed E-state index contributed by atoms with van der Waals surface area (Å²) in [6, 6.07) is 13.6. The molecule has 0 spiro atoms. The van der Waals surface area contributed by atoms with Gasteiger partial charge in [0.25, 0.3) is 0 Å². The molecule has 2 amide bonds. The molecule has 0 unspecified atom stereocenters. The summed E-state index contributed by atoms with van der Waals surface area (Å²) in [6.07, 6.45) is 1.77. The van der Waals surface area contributed by atoms with Crippen LogP contribution in [0.1, 0.15) is 17.0 Å². The van der Waals surface area contributed by atoms with Crippen LogP contribution in [0.5, 0.6) is 0 Å². The van der Waals surface area contributed by atoms with E-state index in [9.17, 15) is 4.79 Å². The highest BCUT2D eigenvalue weighted by molar-refractivity contribution is 5.89. The highest BCUT2D eigenvalue weighted by atomic mass is 16.2. The number of nitrogens with one attached hydrogen (secondary N) is 1. The molecule has 150 valence electrons. The zero-order valence-electron chi connectivity index (χ0n) is 17.1. The van der Waals surface area contributed by atoms with Crippen LogP contribution in [0.25, 0.3) is 5.82 Å². The number of hydrogen-bond donors (Lipinski definition) is 1. The number of pyridine rings is 1. The molecule has 0 saturated carbocycles. The van der Waals surface area contributed by atoms with Gasteiger partial charge in [0.2, 0.25) is 0 Å². The van der Waals surface area contributed by atoms with Gasteiger partial charge < -0.3 is 15.1 Å². The maximum Gasteiger partial charge on any atom is 0.321 e. The first-order chi connectivity index (χ1) is 14.0. The predicted molar refractivity (Wildman–Crippen MR) is 115 cm³/mol. The van der Waals surface area contributed by atoms with Crippen LogP contribution in [-0.4, -0.2) is 51.9 Å². The first-order valence-electron chi connectivity index (χ1n) is 9.88. The lowest BCUT2D eigenvalue weighted by Crippen LogP contribution is -2.50. The van der Waals surface area contributed by atoms with Gasteiger partial charge in [-0.3, -0.25) is 0 Å². The second kappa shape index (κ2) is 7.95. The molecule has 3 heterocycles. The quantitative estimate of drug-likeness (QED) is 0.743. The molecule has 4 rings (SSSR count). The van der Waals surface area contributed by atoms with E-state index in [-0.39, 0.29) is 6.03 Å². The monoisotopic (exact) mass is 390 g/mol. The van der Waals surface area contributed by atoms with Crippen LogP contribution < -0.4 is 10.2 Å². The largest absolute Gasteiger partial charge is 0.365 e. The number of aromatic nitrogens is 3. The molecule has 3 aromatic rings. The molecule has 0 radical (unpaired) electrons. The van der Waals surface area contributed by atoms with Gasteiger partial charge in [0.1, 0.15) is 0 Å². The van der Waals surface area contributed by atoms with Gasteiger partial charge >= 0.3 is 6.03 Å². The number of benzene rings is 1. The fourth-order valence-electron chi connectivity index (χ4n) is 3.77. The lowest BCUT2D eigenvalue weighted by molar-refractivity contribution is 0.208. The molecular weight excluding hydrogens is 364 g/mol. The summed E-state index contributed by atoms with van der Waals surface area (Å²) in [5.74, 6) is 0.815. The minimum absolute atomic E-state index is 0.0499. The summed E-state index contributed by atoms with van der Waals surface area (Å²) in [4.78, 5) is 21.2. The Morgan fingerprint density at radius 1 is 0.966 bits per heavy atom. The van der Waals surface area contributed by atoms with Gasteiger partial charge in [-0.1, -0.05) is 23.8 Å². The normalized spacial score (nSPS) is 14.2. The number of rotatable bonds is 3. The van der Waals surface area contributed by atoms with Crippen molar-refractivity contribution in [1.82, 2.24) is 19.7 Å². The van der Waals surface area contributed by atoms with Gasteiger partial charge in [0.05, 0.1) is 17.1 Å². The molecule has 1 saturated heterocycles. The van der Waals surface area contributed by atoms with Gasteiger partial charge in [-0.05, 0) is 45.0 Å². The number of amides is 2. The van der Waals surface area contributed by atoms with Crippen molar-refractivity contribution in [3.05, 3.63) is 65.6 Å². The van der Waals surface area contributed by atoms with Gasteiger partial charge in [0, 0.05) is 38.1 Å². The van der Waals surface area contributed by atoms with Gasteiger partial charge in [0.15, 0.2) is 5.82 Å². The first kappa shape index (κ1) is 19.0. The van der Waals surface area contributed by atoms with E-state index in [0.717, 1.165) is 41.7 Å². The lowest BCUT2D eigenvalue weighted by Gasteiger charge is -2.36. The predicted octanol–water partition coefficient (Wildman–Crippen LogP) is 3.55. The van der Waals surface area contributed by atoms with Crippen LogP contribution in [0.3, 0.4) is 0 Å². The van der Waals surface area contributed by atoms with E-state index in [2.05, 4.69) is 22.1 Å². The van der Waals surface area contributed by atoms with Crippen LogP contribution in [0.15, 0.2) is 48.7 Å². The average Bonchev–Trinajstić information content (AvgIpc) is 3.04. The molecule has 1 aliphatic rings. The second-order valence-corrected chi connectivity index (χ2v) is 7.39. The van der Waals surface area contributed by atoms with Crippen LogP contribution in [-0.2, 0) is 0 Å². The van der Waals surface area contributed by atoms with E-state index in [1.807, 2.05) is 65.9 Å². The second-order valence-electron chi connectivity index (χ2n) is 7.39. The summed E-state index contributed by atoms with van der Waals surface area (Å²) in [5, 5.41) is 7.68. The number of nitrogens with zero attached hydrogens (tertiary/aromatic N) is 5.